The summed E-state index contributed by atoms with van der Waals surface area (Å²) in [6, 6.07) is 1.29. The number of halogens is 2. The first-order chi connectivity index (χ1) is 11.3. The summed E-state index contributed by atoms with van der Waals surface area (Å²) in [4.78, 5) is 46.7. The lowest BCUT2D eigenvalue weighted by Gasteiger charge is -2.25. The smallest absolute Gasteiger partial charge is 0.273 e. The van der Waals surface area contributed by atoms with Gasteiger partial charge in [-0.25, -0.2) is 4.79 Å². The fourth-order valence-corrected chi connectivity index (χ4v) is 2.46. The number of nitrogens with one attached hydrogen (secondary N) is 1. The average Bonchev–Trinajstić information content (AvgIpc) is 2.49. The van der Waals surface area contributed by atoms with E-state index in [1.54, 1.807) is 0 Å². The monoisotopic (exact) mass is 369 g/mol. The van der Waals surface area contributed by atoms with E-state index in [9.17, 15) is 24.5 Å². The van der Waals surface area contributed by atoms with Gasteiger partial charge in [0.05, 0.1) is 4.92 Å². The van der Waals surface area contributed by atoms with Crippen LogP contribution in [-0.4, -0.2) is 34.2 Å². The van der Waals surface area contributed by atoms with E-state index in [0.717, 1.165) is 23.1 Å². The van der Waals surface area contributed by atoms with E-state index in [4.69, 9.17) is 23.2 Å². The summed E-state index contributed by atoms with van der Waals surface area (Å²) >= 11 is 11.7. The number of rotatable bonds is 4. The molecule has 4 amide bonds. The van der Waals surface area contributed by atoms with Crippen LogP contribution in [0, 0.1) is 10.1 Å². The first-order valence-corrected chi connectivity index (χ1v) is 7.15. The van der Waals surface area contributed by atoms with Crippen molar-refractivity contribution in [2.24, 2.45) is 0 Å². The number of carbonyl (C=O) groups excluding carboxylic acids is 3. The number of nitrogens with zero attached hydrogens (tertiary/aromatic N) is 2. The molecule has 10 heteroatoms. The molecule has 1 saturated heterocycles. The van der Waals surface area contributed by atoms with Crippen molar-refractivity contribution in [3.63, 3.8) is 0 Å². The summed E-state index contributed by atoms with van der Waals surface area (Å²) in [5.41, 5.74) is -0.787. The molecule has 0 bridgehead atoms. The highest BCUT2D eigenvalue weighted by molar-refractivity contribution is 6.37. The van der Waals surface area contributed by atoms with Gasteiger partial charge in [0, 0.05) is 23.2 Å². The van der Waals surface area contributed by atoms with Crippen molar-refractivity contribution in [1.82, 2.24) is 10.2 Å². The van der Waals surface area contributed by atoms with Crippen molar-refractivity contribution in [1.29, 1.82) is 0 Å². The molecule has 0 saturated carbocycles. The van der Waals surface area contributed by atoms with Crippen LogP contribution in [-0.2, 0) is 9.59 Å². The van der Waals surface area contributed by atoms with Gasteiger partial charge in [0.15, 0.2) is 0 Å². The highest BCUT2D eigenvalue weighted by Crippen LogP contribution is 2.32. The van der Waals surface area contributed by atoms with Crippen molar-refractivity contribution < 1.29 is 19.3 Å². The minimum absolute atomic E-state index is 0.00544. The summed E-state index contributed by atoms with van der Waals surface area (Å²) in [5.74, 6) is -1.80. The van der Waals surface area contributed by atoms with E-state index in [2.05, 4.69) is 6.58 Å². The average molecular weight is 370 g/mol. The van der Waals surface area contributed by atoms with E-state index >= 15 is 0 Å². The predicted molar refractivity (Wildman–Crippen MR) is 86.5 cm³/mol. The van der Waals surface area contributed by atoms with Crippen molar-refractivity contribution in [3.05, 3.63) is 56.1 Å². The van der Waals surface area contributed by atoms with Gasteiger partial charge in [-0.15, -0.1) is 6.58 Å². The zero-order valence-electron chi connectivity index (χ0n) is 11.9. The number of hydrogen-bond acceptors (Lipinski definition) is 5. The van der Waals surface area contributed by atoms with Crippen LogP contribution >= 0.6 is 23.2 Å². The van der Waals surface area contributed by atoms with E-state index < -0.39 is 34.0 Å². The number of nitro groups is 1. The predicted octanol–water partition coefficient (Wildman–Crippen LogP) is 2.55. The highest BCUT2D eigenvalue weighted by atomic mass is 35.5. The molecule has 0 aliphatic carbocycles. The van der Waals surface area contributed by atoms with E-state index in [1.165, 1.54) is 6.08 Å². The number of hydrogen-bond donors (Lipinski definition) is 1. The lowest BCUT2D eigenvalue weighted by atomic mass is 10.1. The summed E-state index contributed by atoms with van der Waals surface area (Å²) in [5, 5.41) is 12.7. The topological polar surface area (TPSA) is 110 Å². The molecular formula is C14H9Cl2N3O5. The summed E-state index contributed by atoms with van der Waals surface area (Å²) in [6.07, 6.45) is 2.37. The van der Waals surface area contributed by atoms with Gasteiger partial charge >= 0.3 is 6.03 Å². The first kappa shape index (κ1) is 17.6. The Balaban J connectivity index is 2.53. The maximum absolute atomic E-state index is 12.3. The van der Waals surface area contributed by atoms with Gasteiger partial charge in [0.1, 0.15) is 10.6 Å². The Labute approximate surface area is 145 Å². The molecule has 1 aromatic carbocycles. The van der Waals surface area contributed by atoms with Gasteiger partial charge in [-0.2, -0.15) is 0 Å². The van der Waals surface area contributed by atoms with E-state index in [-0.39, 0.29) is 22.2 Å². The molecule has 24 heavy (non-hydrogen) atoms. The van der Waals surface area contributed by atoms with Crippen molar-refractivity contribution in [2.75, 3.05) is 6.54 Å². The van der Waals surface area contributed by atoms with Crippen molar-refractivity contribution in [2.45, 2.75) is 0 Å². The van der Waals surface area contributed by atoms with E-state index in [1.807, 2.05) is 5.32 Å². The number of benzene rings is 1. The molecule has 2 rings (SSSR count). The third-order valence-electron chi connectivity index (χ3n) is 3.06. The molecule has 1 aliphatic rings. The summed E-state index contributed by atoms with van der Waals surface area (Å²) in [6.45, 7) is 3.31. The van der Waals surface area contributed by atoms with Gasteiger partial charge in [-0.3, -0.25) is 29.9 Å². The Morgan fingerprint density at radius 1 is 1.25 bits per heavy atom. The van der Waals surface area contributed by atoms with Crippen LogP contribution in [0.2, 0.25) is 10.0 Å². The minimum atomic E-state index is -0.931. The number of imide groups is 2. The zero-order chi connectivity index (χ0) is 18.0. The summed E-state index contributed by atoms with van der Waals surface area (Å²) in [7, 11) is 0. The fourth-order valence-electron chi connectivity index (χ4n) is 1.95. The van der Waals surface area contributed by atoms with Crippen LogP contribution in [0.1, 0.15) is 5.56 Å². The van der Waals surface area contributed by atoms with Gasteiger partial charge in [0.2, 0.25) is 0 Å². The lowest BCUT2D eigenvalue weighted by molar-refractivity contribution is -0.384. The minimum Gasteiger partial charge on any atom is -0.273 e. The molecule has 0 spiro atoms. The normalized spacial score (nSPS) is 16.3. The standard InChI is InChI=1S/C14H9Cl2N3O5/c1-2-3-18-13(21)8(12(20)17-14(18)22)4-7-5-11(19(23)24)10(16)6-9(7)15/h2,4-6H,1,3H2,(H,17,20,22)/b8-4+. The van der Waals surface area contributed by atoms with Crippen LogP contribution in [0.25, 0.3) is 6.08 Å². The molecule has 1 aromatic rings. The molecule has 0 atom stereocenters. The molecule has 124 valence electrons. The second-order valence-corrected chi connectivity index (χ2v) is 5.42. The third-order valence-corrected chi connectivity index (χ3v) is 3.69. The Kier molecular flexibility index (Phi) is 5.01. The largest absolute Gasteiger partial charge is 0.331 e. The Morgan fingerprint density at radius 2 is 1.92 bits per heavy atom. The Hall–Kier alpha value is -2.71. The Morgan fingerprint density at radius 3 is 2.50 bits per heavy atom. The van der Waals surface area contributed by atoms with Gasteiger partial charge in [0.25, 0.3) is 17.5 Å². The van der Waals surface area contributed by atoms with Crippen molar-refractivity contribution in [3.8, 4) is 0 Å². The number of nitro benzene ring substituents is 1. The quantitative estimate of drug-likeness (QED) is 0.288. The maximum Gasteiger partial charge on any atom is 0.331 e. The highest BCUT2D eigenvalue weighted by Gasteiger charge is 2.35. The molecular weight excluding hydrogens is 361 g/mol. The number of urea groups is 1. The second kappa shape index (κ2) is 6.81. The molecule has 1 aliphatic heterocycles. The van der Waals surface area contributed by atoms with Gasteiger partial charge < -0.3 is 0 Å². The number of amides is 4. The molecule has 0 aromatic heterocycles. The SMILES string of the molecule is C=CCN1C(=O)NC(=O)/C(=C\c2cc([N+](=O)[O-])c(Cl)cc2Cl)C1=O. The van der Waals surface area contributed by atoms with Crippen LogP contribution in [0.4, 0.5) is 10.5 Å². The molecule has 1 N–H and O–H groups in total. The number of carbonyl (C=O) groups is 3. The van der Waals surface area contributed by atoms with Crippen LogP contribution in [0.3, 0.4) is 0 Å². The zero-order valence-corrected chi connectivity index (χ0v) is 13.4. The molecule has 8 nitrogen and oxygen atoms in total. The molecule has 1 heterocycles. The van der Waals surface area contributed by atoms with E-state index in [0.29, 0.717) is 0 Å². The first-order valence-electron chi connectivity index (χ1n) is 6.39. The second-order valence-electron chi connectivity index (χ2n) is 4.60. The third kappa shape index (κ3) is 3.29. The molecule has 0 radical (unpaired) electrons. The Bertz CT molecular complexity index is 819. The van der Waals surface area contributed by atoms with Gasteiger partial charge in [-0.1, -0.05) is 29.3 Å². The van der Waals surface area contributed by atoms with Crippen LogP contribution < -0.4 is 5.32 Å². The fraction of sp³-hybridized carbons (Fsp3) is 0.0714. The van der Waals surface area contributed by atoms with Crippen molar-refractivity contribution >= 4 is 52.8 Å². The van der Waals surface area contributed by atoms with Crippen LogP contribution in [0.5, 0.6) is 0 Å². The summed E-state index contributed by atoms with van der Waals surface area (Å²) < 4.78 is 0. The molecule has 1 fully saturated rings. The van der Waals surface area contributed by atoms with Gasteiger partial charge in [-0.05, 0) is 12.1 Å². The molecule has 0 unspecified atom stereocenters. The van der Waals surface area contributed by atoms with Crippen LogP contribution in [0.15, 0.2) is 30.4 Å². The number of barbiturate groups is 1. The maximum atomic E-state index is 12.3. The lowest BCUT2D eigenvalue weighted by Crippen LogP contribution is -2.54.